The second-order valence-electron chi connectivity index (χ2n) is 17.7. The minimum atomic E-state index is -0.841. The van der Waals surface area contributed by atoms with Crippen LogP contribution in [0.4, 0.5) is 0 Å². The van der Waals surface area contributed by atoms with E-state index in [9.17, 15) is 14.4 Å². The van der Waals surface area contributed by atoms with Crippen molar-refractivity contribution in [2.75, 3.05) is 13.2 Å². The maximum atomic E-state index is 12.8. The number of esters is 3. The quantitative estimate of drug-likeness (QED) is 0.0262. The molecular formula is C66H100O6. The largest absolute Gasteiger partial charge is 0.462 e. The molecule has 0 fully saturated rings. The molecule has 0 aromatic carbocycles. The average Bonchev–Trinajstić information content (AvgIpc) is 3.38. The zero-order valence-corrected chi connectivity index (χ0v) is 45.6. The van der Waals surface area contributed by atoms with Crippen molar-refractivity contribution in [3.63, 3.8) is 0 Å². The molecule has 72 heavy (non-hydrogen) atoms. The number of carbonyl (C=O) groups excluding carboxylic acids is 3. The highest BCUT2D eigenvalue weighted by molar-refractivity contribution is 5.71. The van der Waals surface area contributed by atoms with Crippen molar-refractivity contribution in [2.24, 2.45) is 0 Å². The average molecular weight is 990 g/mol. The van der Waals surface area contributed by atoms with Crippen molar-refractivity contribution >= 4 is 17.9 Å². The third kappa shape index (κ3) is 55.7. The normalized spacial score (nSPS) is 13.4. The highest BCUT2D eigenvalue weighted by Crippen LogP contribution is 2.11. The fourth-order valence-corrected chi connectivity index (χ4v) is 6.78. The van der Waals surface area contributed by atoms with Crippen molar-refractivity contribution in [3.8, 4) is 0 Å². The molecule has 0 aliphatic carbocycles. The lowest BCUT2D eigenvalue weighted by Crippen LogP contribution is -2.30. The van der Waals surface area contributed by atoms with Crippen LogP contribution >= 0.6 is 0 Å². The summed E-state index contributed by atoms with van der Waals surface area (Å²) in [6, 6.07) is 0. The molecule has 0 N–H and O–H groups in total. The Labute approximate surface area is 441 Å². The van der Waals surface area contributed by atoms with Gasteiger partial charge in [0.15, 0.2) is 6.10 Å². The van der Waals surface area contributed by atoms with Crippen LogP contribution in [0.1, 0.15) is 207 Å². The molecule has 0 aliphatic heterocycles. The van der Waals surface area contributed by atoms with E-state index >= 15 is 0 Å². The third-order valence-corrected chi connectivity index (χ3v) is 10.9. The van der Waals surface area contributed by atoms with Gasteiger partial charge in [-0.15, -0.1) is 0 Å². The summed E-state index contributed by atoms with van der Waals surface area (Å²) >= 11 is 0. The van der Waals surface area contributed by atoms with Gasteiger partial charge in [-0.2, -0.15) is 0 Å². The van der Waals surface area contributed by atoms with Crippen LogP contribution in [-0.4, -0.2) is 37.2 Å². The van der Waals surface area contributed by atoms with Crippen LogP contribution in [0.5, 0.6) is 0 Å². The van der Waals surface area contributed by atoms with E-state index < -0.39 is 6.10 Å². The molecule has 0 aromatic rings. The van der Waals surface area contributed by atoms with Crippen molar-refractivity contribution < 1.29 is 28.6 Å². The molecule has 1 atom stereocenters. The Hall–Kier alpha value is -5.23. The Balaban J connectivity index is 4.51. The van der Waals surface area contributed by atoms with Crippen molar-refractivity contribution in [2.45, 2.75) is 213 Å². The first kappa shape index (κ1) is 66.8. The molecule has 1 unspecified atom stereocenters. The molecule has 0 radical (unpaired) electrons. The van der Waals surface area contributed by atoms with E-state index in [-0.39, 0.29) is 50.4 Å². The molecule has 400 valence electrons. The Morgan fingerprint density at radius 2 is 0.569 bits per heavy atom. The van der Waals surface area contributed by atoms with Crippen LogP contribution in [0, 0.1) is 0 Å². The fourth-order valence-electron chi connectivity index (χ4n) is 6.78. The Morgan fingerprint density at radius 3 is 0.958 bits per heavy atom. The molecule has 0 spiro atoms. The molecule has 0 amide bonds. The number of unbranched alkanes of at least 4 members (excludes halogenated alkanes) is 9. The Bertz CT molecular complexity index is 1700. The van der Waals surface area contributed by atoms with Gasteiger partial charge in [0.25, 0.3) is 0 Å². The van der Waals surface area contributed by atoms with Crippen LogP contribution in [0.3, 0.4) is 0 Å². The van der Waals surface area contributed by atoms with E-state index in [4.69, 9.17) is 14.2 Å². The highest BCUT2D eigenvalue weighted by atomic mass is 16.6. The minimum Gasteiger partial charge on any atom is -0.462 e. The van der Waals surface area contributed by atoms with E-state index in [0.29, 0.717) is 12.8 Å². The van der Waals surface area contributed by atoms with E-state index in [1.165, 1.54) is 19.3 Å². The van der Waals surface area contributed by atoms with Gasteiger partial charge in [-0.25, -0.2) is 0 Å². The summed E-state index contributed by atoms with van der Waals surface area (Å²) in [7, 11) is 0. The molecule has 0 rings (SSSR count). The molecule has 0 bridgehead atoms. The van der Waals surface area contributed by atoms with Gasteiger partial charge in [0, 0.05) is 19.3 Å². The molecule has 0 heterocycles. The minimum absolute atomic E-state index is 0.137. The third-order valence-electron chi connectivity index (χ3n) is 10.9. The summed E-state index contributed by atoms with van der Waals surface area (Å²) in [5, 5.41) is 0. The van der Waals surface area contributed by atoms with E-state index in [2.05, 4.69) is 179 Å². The van der Waals surface area contributed by atoms with Gasteiger partial charge in [-0.3, -0.25) is 14.4 Å². The summed E-state index contributed by atoms with van der Waals surface area (Å²) in [4.78, 5) is 38.0. The second-order valence-corrected chi connectivity index (χ2v) is 17.7. The number of ether oxygens (including phenoxy) is 3. The molecular weight excluding hydrogens is 889 g/mol. The van der Waals surface area contributed by atoms with Crippen LogP contribution < -0.4 is 0 Å². The smallest absolute Gasteiger partial charge is 0.306 e. The van der Waals surface area contributed by atoms with Crippen LogP contribution in [0.25, 0.3) is 0 Å². The summed E-state index contributed by atoms with van der Waals surface area (Å²) in [5.74, 6) is -1.09. The Morgan fingerprint density at radius 1 is 0.292 bits per heavy atom. The molecule has 0 saturated carbocycles. The lowest BCUT2D eigenvalue weighted by atomic mass is 10.1. The fraction of sp³-hybridized carbons (Fsp3) is 0.530. The lowest BCUT2D eigenvalue weighted by Gasteiger charge is -2.18. The lowest BCUT2D eigenvalue weighted by molar-refractivity contribution is -0.166. The monoisotopic (exact) mass is 989 g/mol. The predicted octanol–water partition coefficient (Wildman–Crippen LogP) is 19.1. The summed E-state index contributed by atoms with van der Waals surface area (Å²) in [5.41, 5.74) is 0. The van der Waals surface area contributed by atoms with Gasteiger partial charge in [0.1, 0.15) is 13.2 Å². The summed E-state index contributed by atoms with van der Waals surface area (Å²) in [6.07, 6.45) is 86.5. The van der Waals surface area contributed by atoms with Crippen molar-refractivity contribution in [1.82, 2.24) is 0 Å². The zero-order chi connectivity index (χ0) is 52.2. The maximum Gasteiger partial charge on any atom is 0.306 e. The molecule has 6 nitrogen and oxygen atoms in total. The number of allylic oxidation sites excluding steroid dienone is 28. The van der Waals surface area contributed by atoms with Gasteiger partial charge in [-0.1, -0.05) is 223 Å². The number of rotatable bonds is 48. The number of hydrogen-bond donors (Lipinski definition) is 0. The van der Waals surface area contributed by atoms with E-state index in [1.807, 2.05) is 12.2 Å². The van der Waals surface area contributed by atoms with Crippen molar-refractivity contribution in [3.05, 3.63) is 170 Å². The highest BCUT2D eigenvalue weighted by Gasteiger charge is 2.19. The topological polar surface area (TPSA) is 78.9 Å². The van der Waals surface area contributed by atoms with Crippen molar-refractivity contribution in [1.29, 1.82) is 0 Å². The van der Waals surface area contributed by atoms with Crippen LogP contribution in [-0.2, 0) is 28.6 Å². The molecule has 0 aromatic heterocycles. The Kier molecular flexibility index (Phi) is 54.1. The van der Waals surface area contributed by atoms with Gasteiger partial charge in [0.05, 0.1) is 0 Å². The first-order chi connectivity index (χ1) is 35.5. The van der Waals surface area contributed by atoms with Gasteiger partial charge >= 0.3 is 17.9 Å². The SMILES string of the molecule is CC/C=C\C/C=C\C/C=C\C/C=C\C/C=C\C/C=C\C/C=C\C/C=C\CCCCC(=O)OCC(COC(=O)CC/C=C\C/C=C\C/C=C\C/C=C\CC)OC(=O)CCCCCCC/C=C\C/C=C\CCCC. The molecule has 0 saturated heterocycles. The van der Waals surface area contributed by atoms with Gasteiger partial charge in [-0.05, 0) is 135 Å². The molecule has 6 heteroatoms. The first-order valence-corrected chi connectivity index (χ1v) is 28.1. The zero-order valence-electron chi connectivity index (χ0n) is 45.6. The summed E-state index contributed by atoms with van der Waals surface area (Å²) in [6.45, 7) is 6.22. The second kappa shape index (κ2) is 58.3. The van der Waals surface area contributed by atoms with Gasteiger partial charge in [0.2, 0.25) is 0 Å². The van der Waals surface area contributed by atoms with Crippen LogP contribution in [0.2, 0.25) is 0 Å². The van der Waals surface area contributed by atoms with E-state index in [0.717, 1.165) is 135 Å². The number of hydrogen-bond acceptors (Lipinski definition) is 6. The first-order valence-electron chi connectivity index (χ1n) is 28.1. The standard InChI is InChI=1S/C66H100O6/c1-4-7-10-13-16-19-22-25-27-28-29-30-31-32-33-34-35-36-37-38-39-42-44-47-50-53-56-59-65(68)71-62-63(61-70-64(67)58-55-52-49-46-43-40-24-21-18-15-12-9-6-3)72-66(69)60-57-54-51-48-45-41-26-23-20-17-14-11-8-5-2/h7,9-10,12,14,16-19,21,23,25-27,29-30,32-33,35-36,38-40,43-44,47,49,52,63H,4-6,8,11,13,15,20,22,24,28,31,34,37,41-42,45-46,48,50-51,53-62H2,1-3H3/b10-7-,12-9-,17-14-,19-16-,21-18-,26-23-,27-25-,30-29-,33-32-,36-35-,39-38-,43-40-,47-44-,52-49-. The van der Waals surface area contributed by atoms with Crippen LogP contribution in [0.15, 0.2) is 170 Å². The van der Waals surface area contributed by atoms with E-state index in [1.54, 1.807) is 0 Å². The maximum absolute atomic E-state index is 12.8. The predicted molar refractivity (Wildman–Crippen MR) is 311 cm³/mol. The summed E-state index contributed by atoms with van der Waals surface area (Å²) < 4.78 is 16.7. The number of carbonyl (C=O) groups is 3. The van der Waals surface area contributed by atoms with Gasteiger partial charge < -0.3 is 14.2 Å². The molecule has 0 aliphatic rings.